The lowest BCUT2D eigenvalue weighted by atomic mass is 10.0. The van der Waals surface area contributed by atoms with Crippen LogP contribution in [0, 0.1) is 5.82 Å². The molecule has 0 aliphatic carbocycles. The predicted octanol–water partition coefficient (Wildman–Crippen LogP) is 3.54. The van der Waals surface area contributed by atoms with E-state index >= 15 is 0 Å². The highest BCUT2D eigenvalue weighted by Crippen LogP contribution is 2.30. The highest BCUT2D eigenvalue weighted by Gasteiger charge is 2.31. The third kappa shape index (κ3) is 3.02. The van der Waals surface area contributed by atoms with Crippen LogP contribution in [0.3, 0.4) is 0 Å². The van der Waals surface area contributed by atoms with E-state index in [1.165, 1.54) is 12.1 Å². The van der Waals surface area contributed by atoms with E-state index in [0.717, 1.165) is 55.3 Å². The van der Waals surface area contributed by atoms with E-state index in [4.69, 9.17) is 4.98 Å². The van der Waals surface area contributed by atoms with Gasteiger partial charge < -0.3 is 9.80 Å². The molecule has 0 bridgehead atoms. The van der Waals surface area contributed by atoms with Crippen molar-refractivity contribution in [3.05, 3.63) is 35.5 Å². The SMILES string of the molecule is O=C1CCCN1C1CCN(c2nc(-c3ccc(F)cc3)cs2)CC1. The average molecular weight is 345 g/mol. The second kappa shape index (κ2) is 6.51. The zero-order valence-corrected chi connectivity index (χ0v) is 14.3. The molecule has 1 amide bonds. The smallest absolute Gasteiger partial charge is 0.222 e. The third-order valence-electron chi connectivity index (χ3n) is 4.92. The lowest BCUT2D eigenvalue weighted by Crippen LogP contribution is -2.45. The fourth-order valence-electron chi connectivity index (χ4n) is 3.59. The molecule has 2 aliphatic heterocycles. The molecule has 2 saturated heterocycles. The zero-order valence-electron chi connectivity index (χ0n) is 13.4. The van der Waals surface area contributed by atoms with Crippen molar-refractivity contribution in [2.24, 2.45) is 0 Å². The minimum absolute atomic E-state index is 0.229. The van der Waals surface area contributed by atoms with Crippen LogP contribution in [0.15, 0.2) is 29.6 Å². The molecule has 4 rings (SSSR count). The molecular formula is C18H20FN3OS. The Kier molecular flexibility index (Phi) is 4.22. The average Bonchev–Trinajstić information content (AvgIpc) is 3.25. The van der Waals surface area contributed by atoms with Crippen molar-refractivity contribution in [3.63, 3.8) is 0 Å². The lowest BCUT2D eigenvalue weighted by Gasteiger charge is -2.36. The van der Waals surface area contributed by atoms with E-state index in [2.05, 4.69) is 9.80 Å². The molecule has 2 aromatic rings. The number of amides is 1. The minimum atomic E-state index is -0.229. The predicted molar refractivity (Wildman–Crippen MR) is 93.7 cm³/mol. The highest BCUT2D eigenvalue weighted by molar-refractivity contribution is 7.14. The van der Waals surface area contributed by atoms with Crippen LogP contribution in [-0.4, -0.2) is 41.5 Å². The molecule has 0 N–H and O–H groups in total. The molecule has 0 saturated carbocycles. The first kappa shape index (κ1) is 15.6. The number of hydrogen-bond acceptors (Lipinski definition) is 4. The van der Waals surface area contributed by atoms with Crippen molar-refractivity contribution in [1.29, 1.82) is 0 Å². The minimum Gasteiger partial charge on any atom is -0.348 e. The first-order valence-corrected chi connectivity index (χ1v) is 9.34. The second-order valence-electron chi connectivity index (χ2n) is 6.43. The van der Waals surface area contributed by atoms with Crippen molar-refractivity contribution in [3.8, 4) is 11.3 Å². The van der Waals surface area contributed by atoms with Crippen LogP contribution < -0.4 is 4.90 Å². The number of carbonyl (C=O) groups excluding carboxylic acids is 1. The molecule has 0 radical (unpaired) electrons. The Labute approximate surface area is 144 Å². The van der Waals surface area contributed by atoms with Crippen molar-refractivity contribution >= 4 is 22.4 Å². The van der Waals surface area contributed by atoms with Gasteiger partial charge in [0, 0.05) is 43.0 Å². The summed E-state index contributed by atoms with van der Waals surface area (Å²) < 4.78 is 13.0. The number of aromatic nitrogens is 1. The number of thiazole rings is 1. The lowest BCUT2D eigenvalue weighted by molar-refractivity contribution is -0.130. The monoisotopic (exact) mass is 345 g/mol. The van der Waals surface area contributed by atoms with Gasteiger partial charge in [-0.3, -0.25) is 4.79 Å². The fraction of sp³-hybridized carbons (Fsp3) is 0.444. The van der Waals surface area contributed by atoms with Crippen LogP contribution in [0.4, 0.5) is 9.52 Å². The quantitative estimate of drug-likeness (QED) is 0.854. The Balaban J connectivity index is 1.41. The van der Waals surface area contributed by atoms with Crippen molar-refractivity contribution in [2.75, 3.05) is 24.5 Å². The molecule has 1 aromatic carbocycles. The first-order chi connectivity index (χ1) is 11.7. The number of piperidine rings is 1. The maximum absolute atomic E-state index is 13.0. The van der Waals surface area contributed by atoms with Gasteiger partial charge in [0.1, 0.15) is 5.82 Å². The van der Waals surface area contributed by atoms with Gasteiger partial charge in [-0.25, -0.2) is 9.37 Å². The fourth-order valence-corrected chi connectivity index (χ4v) is 4.48. The zero-order chi connectivity index (χ0) is 16.5. The van der Waals surface area contributed by atoms with Gasteiger partial charge in [0.05, 0.1) is 5.69 Å². The molecule has 1 aromatic heterocycles. The van der Waals surface area contributed by atoms with Crippen LogP contribution >= 0.6 is 11.3 Å². The number of anilines is 1. The summed E-state index contributed by atoms with van der Waals surface area (Å²) in [5.41, 5.74) is 1.84. The van der Waals surface area contributed by atoms with Gasteiger partial charge in [0.2, 0.25) is 5.91 Å². The largest absolute Gasteiger partial charge is 0.348 e. The standard InChI is InChI=1S/C18H20FN3OS/c19-14-5-3-13(4-6-14)16-12-24-18(20-16)21-10-7-15(8-11-21)22-9-1-2-17(22)23/h3-6,12,15H,1-2,7-11H2. The molecule has 2 fully saturated rings. The summed E-state index contributed by atoms with van der Waals surface area (Å²) in [6, 6.07) is 6.85. The molecule has 6 heteroatoms. The number of benzene rings is 1. The summed E-state index contributed by atoms with van der Waals surface area (Å²) in [6.07, 6.45) is 3.74. The molecule has 3 heterocycles. The van der Waals surface area contributed by atoms with Crippen LogP contribution in [0.5, 0.6) is 0 Å². The van der Waals surface area contributed by atoms with Crippen LogP contribution in [-0.2, 0) is 4.79 Å². The maximum atomic E-state index is 13.0. The van der Waals surface area contributed by atoms with E-state index in [-0.39, 0.29) is 5.82 Å². The van der Waals surface area contributed by atoms with Crippen molar-refractivity contribution in [2.45, 2.75) is 31.7 Å². The number of carbonyl (C=O) groups is 1. The molecule has 0 atom stereocenters. The van der Waals surface area contributed by atoms with Crippen LogP contribution in [0.1, 0.15) is 25.7 Å². The van der Waals surface area contributed by atoms with Gasteiger partial charge in [0.25, 0.3) is 0 Å². The topological polar surface area (TPSA) is 36.4 Å². The highest BCUT2D eigenvalue weighted by atomic mass is 32.1. The first-order valence-electron chi connectivity index (χ1n) is 8.46. The van der Waals surface area contributed by atoms with Crippen molar-refractivity contribution < 1.29 is 9.18 Å². The number of likely N-dealkylation sites (tertiary alicyclic amines) is 1. The van der Waals surface area contributed by atoms with Crippen LogP contribution in [0.2, 0.25) is 0 Å². The van der Waals surface area contributed by atoms with Crippen LogP contribution in [0.25, 0.3) is 11.3 Å². The van der Waals surface area contributed by atoms with Gasteiger partial charge in [-0.2, -0.15) is 0 Å². The molecule has 4 nitrogen and oxygen atoms in total. The maximum Gasteiger partial charge on any atom is 0.222 e. The summed E-state index contributed by atoms with van der Waals surface area (Å²) >= 11 is 1.63. The Bertz CT molecular complexity index is 722. The Morgan fingerprint density at radius 2 is 1.88 bits per heavy atom. The third-order valence-corrected chi connectivity index (χ3v) is 5.82. The van der Waals surface area contributed by atoms with Crippen molar-refractivity contribution in [1.82, 2.24) is 9.88 Å². The summed E-state index contributed by atoms with van der Waals surface area (Å²) in [4.78, 5) is 21.0. The number of nitrogens with zero attached hydrogens (tertiary/aromatic N) is 3. The van der Waals surface area contributed by atoms with E-state index in [1.807, 2.05) is 5.38 Å². The van der Waals surface area contributed by atoms with Gasteiger partial charge in [0.15, 0.2) is 5.13 Å². The number of rotatable bonds is 3. The normalized spacial score (nSPS) is 19.3. The molecule has 0 unspecified atom stereocenters. The second-order valence-corrected chi connectivity index (χ2v) is 7.27. The van der Waals surface area contributed by atoms with Gasteiger partial charge in [-0.1, -0.05) is 0 Å². The number of hydrogen-bond donors (Lipinski definition) is 0. The molecule has 24 heavy (non-hydrogen) atoms. The number of halogens is 1. The Hall–Kier alpha value is -1.95. The molecule has 2 aliphatic rings. The van der Waals surface area contributed by atoms with E-state index in [1.54, 1.807) is 23.5 Å². The van der Waals surface area contributed by atoms with E-state index in [9.17, 15) is 9.18 Å². The molecular weight excluding hydrogens is 325 g/mol. The summed E-state index contributed by atoms with van der Waals surface area (Å²) in [7, 11) is 0. The Morgan fingerprint density at radius 3 is 2.54 bits per heavy atom. The van der Waals surface area contributed by atoms with Gasteiger partial charge >= 0.3 is 0 Å². The Morgan fingerprint density at radius 1 is 1.12 bits per heavy atom. The summed E-state index contributed by atoms with van der Waals surface area (Å²) in [6.45, 7) is 2.80. The summed E-state index contributed by atoms with van der Waals surface area (Å²) in [5.74, 6) is 0.0917. The van der Waals surface area contributed by atoms with Gasteiger partial charge in [-0.05, 0) is 43.5 Å². The molecule has 126 valence electrons. The van der Waals surface area contributed by atoms with Gasteiger partial charge in [-0.15, -0.1) is 11.3 Å². The van der Waals surface area contributed by atoms with E-state index in [0.29, 0.717) is 18.4 Å². The summed E-state index contributed by atoms with van der Waals surface area (Å²) in [5, 5.41) is 3.04. The van der Waals surface area contributed by atoms with E-state index < -0.39 is 0 Å². The molecule has 0 spiro atoms.